The van der Waals surface area contributed by atoms with Crippen LogP contribution in [-0.4, -0.2) is 16.0 Å². The van der Waals surface area contributed by atoms with Crippen LogP contribution in [0.1, 0.15) is 21.7 Å². The largest absolute Gasteiger partial charge is 0.417 e. The second-order valence-corrected chi connectivity index (χ2v) is 5.93. The molecule has 10 heteroatoms. The summed E-state index contributed by atoms with van der Waals surface area (Å²) < 4.78 is 43.6. The first kappa shape index (κ1) is 18.7. The average molecular weight is 397 g/mol. The van der Waals surface area contributed by atoms with Crippen LogP contribution in [-0.2, 0) is 6.18 Å². The molecule has 27 heavy (non-hydrogen) atoms. The molecule has 2 heterocycles. The fourth-order valence-corrected chi connectivity index (χ4v) is 2.41. The fourth-order valence-electron chi connectivity index (χ4n) is 2.18. The predicted octanol–water partition coefficient (Wildman–Crippen LogP) is 5.05. The van der Waals surface area contributed by atoms with Crippen molar-refractivity contribution in [2.75, 3.05) is 10.6 Å². The first-order chi connectivity index (χ1) is 12.7. The molecule has 1 aromatic carbocycles. The SMILES string of the molecule is Cc1cc(NC(=O)c2ccc(Nc3ccc(Cl)c(C(F)(F)F)c3)nc2)no1. The van der Waals surface area contributed by atoms with Crippen molar-refractivity contribution in [2.45, 2.75) is 13.1 Å². The lowest BCUT2D eigenvalue weighted by Crippen LogP contribution is -2.12. The second-order valence-electron chi connectivity index (χ2n) is 5.53. The second kappa shape index (κ2) is 7.28. The summed E-state index contributed by atoms with van der Waals surface area (Å²) in [6.07, 6.45) is -3.28. The van der Waals surface area contributed by atoms with Crippen LogP contribution in [0.3, 0.4) is 0 Å². The molecular weight excluding hydrogens is 385 g/mol. The molecule has 1 amide bonds. The number of aromatic nitrogens is 2. The Labute approximate surface area is 156 Å². The zero-order chi connectivity index (χ0) is 19.6. The van der Waals surface area contributed by atoms with Gasteiger partial charge in [-0.1, -0.05) is 16.8 Å². The average Bonchev–Trinajstić information content (AvgIpc) is 3.01. The van der Waals surface area contributed by atoms with Gasteiger partial charge in [-0.15, -0.1) is 0 Å². The van der Waals surface area contributed by atoms with Crippen LogP contribution in [0.25, 0.3) is 0 Å². The molecule has 0 unspecified atom stereocenters. The van der Waals surface area contributed by atoms with Crippen molar-refractivity contribution in [3.8, 4) is 0 Å². The third-order valence-electron chi connectivity index (χ3n) is 3.44. The van der Waals surface area contributed by atoms with Crippen molar-refractivity contribution in [3.05, 3.63) is 64.5 Å². The minimum absolute atomic E-state index is 0.162. The van der Waals surface area contributed by atoms with Crippen LogP contribution in [0.2, 0.25) is 5.02 Å². The molecule has 0 fully saturated rings. The number of rotatable bonds is 4. The zero-order valence-corrected chi connectivity index (χ0v) is 14.5. The lowest BCUT2D eigenvalue weighted by molar-refractivity contribution is -0.137. The van der Waals surface area contributed by atoms with Crippen molar-refractivity contribution < 1.29 is 22.5 Å². The number of nitrogens with one attached hydrogen (secondary N) is 2. The number of alkyl halides is 3. The molecule has 3 rings (SSSR count). The van der Waals surface area contributed by atoms with Gasteiger partial charge in [-0.25, -0.2) is 4.98 Å². The third-order valence-corrected chi connectivity index (χ3v) is 3.77. The van der Waals surface area contributed by atoms with Gasteiger partial charge in [0, 0.05) is 18.0 Å². The Morgan fingerprint density at radius 2 is 1.93 bits per heavy atom. The molecule has 0 radical (unpaired) electrons. The number of hydrogen-bond donors (Lipinski definition) is 2. The van der Waals surface area contributed by atoms with E-state index in [1.165, 1.54) is 24.4 Å². The van der Waals surface area contributed by atoms with Crippen molar-refractivity contribution in [1.29, 1.82) is 0 Å². The summed E-state index contributed by atoms with van der Waals surface area (Å²) in [5, 5.41) is 8.52. The van der Waals surface area contributed by atoms with Gasteiger partial charge in [-0.3, -0.25) is 4.79 Å². The molecule has 0 spiro atoms. The Hall–Kier alpha value is -3.07. The van der Waals surface area contributed by atoms with Crippen LogP contribution in [0.5, 0.6) is 0 Å². The van der Waals surface area contributed by atoms with Crippen LogP contribution in [0, 0.1) is 6.92 Å². The topological polar surface area (TPSA) is 80.0 Å². The van der Waals surface area contributed by atoms with Gasteiger partial charge in [0.05, 0.1) is 16.1 Å². The van der Waals surface area contributed by atoms with Crippen LogP contribution in [0.15, 0.2) is 47.1 Å². The van der Waals surface area contributed by atoms with E-state index in [0.717, 1.165) is 12.1 Å². The summed E-state index contributed by atoms with van der Waals surface area (Å²) in [7, 11) is 0. The monoisotopic (exact) mass is 396 g/mol. The molecule has 140 valence electrons. The number of carbonyl (C=O) groups excluding carboxylic acids is 1. The highest BCUT2D eigenvalue weighted by molar-refractivity contribution is 6.31. The maximum absolute atomic E-state index is 12.9. The smallest absolute Gasteiger partial charge is 0.360 e. The highest BCUT2D eigenvalue weighted by Gasteiger charge is 2.33. The lowest BCUT2D eigenvalue weighted by atomic mass is 10.2. The lowest BCUT2D eigenvalue weighted by Gasteiger charge is -2.12. The molecule has 0 saturated heterocycles. The number of aryl methyl sites for hydroxylation is 1. The first-order valence-corrected chi connectivity index (χ1v) is 7.94. The molecule has 6 nitrogen and oxygen atoms in total. The normalized spacial score (nSPS) is 11.3. The number of benzene rings is 1. The molecular formula is C17H12ClF3N4O2. The number of carbonyl (C=O) groups is 1. The molecule has 0 aliphatic carbocycles. The summed E-state index contributed by atoms with van der Waals surface area (Å²) in [6.45, 7) is 1.69. The van der Waals surface area contributed by atoms with Crippen molar-refractivity contribution >= 4 is 34.8 Å². The third kappa shape index (κ3) is 4.56. The summed E-state index contributed by atoms with van der Waals surface area (Å²) in [6, 6.07) is 7.92. The van der Waals surface area contributed by atoms with Gasteiger partial charge in [0.15, 0.2) is 5.82 Å². The molecule has 3 aromatic rings. The Bertz CT molecular complexity index is 971. The van der Waals surface area contributed by atoms with Crippen LogP contribution < -0.4 is 10.6 Å². The van der Waals surface area contributed by atoms with E-state index in [0.29, 0.717) is 5.76 Å². The molecule has 2 N–H and O–H groups in total. The van der Waals surface area contributed by atoms with E-state index >= 15 is 0 Å². The van der Waals surface area contributed by atoms with Crippen molar-refractivity contribution in [3.63, 3.8) is 0 Å². The summed E-state index contributed by atoms with van der Waals surface area (Å²) in [4.78, 5) is 16.1. The van der Waals surface area contributed by atoms with Gasteiger partial charge in [-0.2, -0.15) is 13.2 Å². The molecule has 0 bridgehead atoms. The maximum atomic E-state index is 12.9. The van der Waals surface area contributed by atoms with E-state index < -0.39 is 22.7 Å². The number of nitrogens with zero attached hydrogens (tertiary/aromatic N) is 2. The fraction of sp³-hybridized carbons (Fsp3) is 0.118. The van der Waals surface area contributed by atoms with Gasteiger partial charge in [0.2, 0.25) is 0 Å². The van der Waals surface area contributed by atoms with E-state index in [4.69, 9.17) is 16.1 Å². The van der Waals surface area contributed by atoms with E-state index in [1.807, 2.05) is 0 Å². The van der Waals surface area contributed by atoms with E-state index in [-0.39, 0.29) is 22.9 Å². The number of halogens is 4. The Morgan fingerprint density at radius 1 is 1.15 bits per heavy atom. The number of amides is 1. The van der Waals surface area contributed by atoms with Crippen LogP contribution in [0.4, 0.5) is 30.5 Å². The first-order valence-electron chi connectivity index (χ1n) is 7.57. The highest BCUT2D eigenvalue weighted by atomic mass is 35.5. The number of hydrogen-bond acceptors (Lipinski definition) is 5. The summed E-state index contributed by atoms with van der Waals surface area (Å²) in [5.41, 5.74) is -0.546. The summed E-state index contributed by atoms with van der Waals surface area (Å²) >= 11 is 5.59. The van der Waals surface area contributed by atoms with Crippen molar-refractivity contribution in [2.24, 2.45) is 0 Å². The van der Waals surface area contributed by atoms with Gasteiger partial charge < -0.3 is 15.2 Å². The molecule has 0 aliphatic heterocycles. The Kier molecular flexibility index (Phi) is 5.04. The molecule has 0 atom stereocenters. The van der Waals surface area contributed by atoms with Gasteiger partial charge in [0.25, 0.3) is 5.91 Å². The van der Waals surface area contributed by atoms with Gasteiger partial charge in [-0.05, 0) is 37.3 Å². The van der Waals surface area contributed by atoms with E-state index in [9.17, 15) is 18.0 Å². The Balaban J connectivity index is 1.71. The minimum Gasteiger partial charge on any atom is -0.360 e. The van der Waals surface area contributed by atoms with Crippen molar-refractivity contribution in [1.82, 2.24) is 10.1 Å². The molecule has 0 aliphatic rings. The summed E-state index contributed by atoms with van der Waals surface area (Å²) in [5.74, 6) is 0.622. The predicted molar refractivity (Wildman–Crippen MR) is 93.2 cm³/mol. The maximum Gasteiger partial charge on any atom is 0.417 e. The van der Waals surface area contributed by atoms with Gasteiger partial charge >= 0.3 is 6.18 Å². The van der Waals surface area contributed by atoms with Gasteiger partial charge in [0.1, 0.15) is 11.6 Å². The number of anilines is 3. The highest BCUT2D eigenvalue weighted by Crippen LogP contribution is 2.36. The van der Waals surface area contributed by atoms with Crippen LogP contribution >= 0.6 is 11.6 Å². The Morgan fingerprint density at radius 3 is 2.52 bits per heavy atom. The quantitative estimate of drug-likeness (QED) is 0.645. The standard InChI is InChI=1S/C17H12ClF3N4O2/c1-9-6-15(25-27-9)24-16(26)10-2-5-14(22-8-10)23-11-3-4-13(18)12(7-11)17(19,20)21/h2-8H,1H3,(H,22,23)(H,24,25,26). The molecule has 2 aromatic heterocycles. The zero-order valence-electron chi connectivity index (χ0n) is 13.8. The minimum atomic E-state index is -4.57. The molecule has 0 saturated carbocycles. The van der Waals surface area contributed by atoms with E-state index in [2.05, 4.69) is 20.8 Å². The van der Waals surface area contributed by atoms with E-state index in [1.54, 1.807) is 13.0 Å². The number of pyridine rings is 1.